The first-order chi connectivity index (χ1) is 10.6. The molecule has 0 aliphatic heterocycles. The molecule has 0 atom stereocenters. The molecular weight excluding hydrogens is 290 g/mol. The molecule has 0 bridgehead atoms. The smallest absolute Gasteiger partial charge is 0.228 e. The number of rotatable bonds is 6. The molecule has 0 saturated heterocycles. The molecule has 1 aliphatic carbocycles. The average molecular weight is 313 g/mol. The zero-order valence-electron chi connectivity index (χ0n) is 13.3. The molecular formula is C19H23NOS. The van der Waals surface area contributed by atoms with Gasteiger partial charge in [-0.1, -0.05) is 44.2 Å². The van der Waals surface area contributed by atoms with E-state index in [-0.39, 0.29) is 5.91 Å². The van der Waals surface area contributed by atoms with E-state index in [0.717, 1.165) is 24.3 Å². The molecule has 0 N–H and O–H groups in total. The topological polar surface area (TPSA) is 20.3 Å². The van der Waals surface area contributed by atoms with Gasteiger partial charge >= 0.3 is 0 Å². The van der Waals surface area contributed by atoms with Gasteiger partial charge in [0.05, 0.1) is 6.42 Å². The van der Waals surface area contributed by atoms with Crippen LogP contribution in [0.1, 0.15) is 48.6 Å². The van der Waals surface area contributed by atoms with E-state index < -0.39 is 0 Å². The van der Waals surface area contributed by atoms with Crippen LogP contribution in [0.2, 0.25) is 0 Å². The number of hydrogen-bond donors (Lipinski definition) is 0. The zero-order chi connectivity index (χ0) is 15.5. The van der Waals surface area contributed by atoms with Gasteiger partial charge in [0.25, 0.3) is 0 Å². The van der Waals surface area contributed by atoms with Crippen LogP contribution in [0.15, 0.2) is 41.8 Å². The minimum Gasteiger partial charge on any atom is -0.335 e. The molecule has 3 heteroatoms. The molecule has 1 saturated carbocycles. The molecule has 1 aliphatic rings. The van der Waals surface area contributed by atoms with Crippen molar-refractivity contribution in [2.45, 2.75) is 51.6 Å². The molecule has 22 heavy (non-hydrogen) atoms. The average Bonchev–Trinajstić information content (AvgIpc) is 3.22. The van der Waals surface area contributed by atoms with Crippen molar-refractivity contribution in [1.29, 1.82) is 0 Å². The highest BCUT2D eigenvalue weighted by Gasteiger charge is 2.32. The summed E-state index contributed by atoms with van der Waals surface area (Å²) < 4.78 is 0. The summed E-state index contributed by atoms with van der Waals surface area (Å²) in [6.07, 6.45) is 2.85. The number of carbonyl (C=O) groups excluding carboxylic acids is 1. The second-order valence-corrected chi connectivity index (χ2v) is 7.44. The van der Waals surface area contributed by atoms with Gasteiger partial charge in [-0.2, -0.15) is 0 Å². The monoisotopic (exact) mass is 313 g/mol. The molecule has 0 radical (unpaired) electrons. The van der Waals surface area contributed by atoms with E-state index >= 15 is 0 Å². The van der Waals surface area contributed by atoms with Crippen molar-refractivity contribution in [2.75, 3.05) is 0 Å². The number of nitrogens with zero attached hydrogens (tertiary/aromatic N) is 1. The largest absolute Gasteiger partial charge is 0.335 e. The van der Waals surface area contributed by atoms with Gasteiger partial charge in [-0.3, -0.25) is 4.79 Å². The first kappa shape index (κ1) is 15.3. The maximum absolute atomic E-state index is 12.6. The van der Waals surface area contributed by atoms with Crippen LogP contribution in [0, 0.1) is 0 Å². The third kappa shape index (κ3) is 3.77. The second kappa shape index (κ2) is 6.66. The fourth-order valence-electron chi connectivity index (χ4n) is 2.68. The molecule has 116 valence electrons. The summed E-state index contributed by atoms with van der Waals surface area (Å²) in [6, 6.07) is 13.2. The lowest BCUT2D eigenvalue weighted by Crippen LogP contribution is -2.33. The lowest BCUT2D eigenvalue weighted by atomic mass is 10.0. The lowest BCUT2D eigenvalue weighted by molar-refractivity contribution is -0.131. The Bertz CT molecular complexity index is 611. The Morgan fingerprint density at radius 1 is 1.23 bits per heavy atom. The van der Waals surface area contributed by atoms with Crippen LogP contribution in [0.25, 0.3) is 0 Å². The fourth-order valence-corrected chi connectivity index (χ4v) is 3.37. The van der Waals surface area contributed by atoms with E-state index in [0.29, 0.717) is 18.4 Å². The van der Waals surface area contributed by atoms with Crippen molar-refractivity contribution in [1.82, 2.24) is 4.90 Å². The van der Waals surface area contributed by atoms with E-state index in [1.165, 1.54) is 11.1 Å². The quantitative estimate of drug-likeness (QED) is 0.763. The summed E-state index contributed by atoms with van der Waals surface area (Å²) in [4.78, 5) is 15.8. The van der Waals surface area contributed by atoms with E-state index in [2.05, 4.69) is 43.0 Å². The van der Waals surface area contributed by atoms with Gasteiger partial charge in [-0.15, -0.1) is 11.3 Å². The van der Waals surface area contributed by atoms with Crippen LogP contribution in [0.4, 0.5) is 0 Å². The lowest BCUT2D eigenvalue weighted by Gasteiger charge is -2.22. The van der Waals surface area contributed by atoms with Gasteiger partial charge in [-0.05, 0) is 41.3 Å². The summed E-state index contributed by atoms with van der Waals surface area (Å²) >= 11 is 1.66. The van der Waals surface area contributed by atoms with E-state index in [1.54, 1.807) is 11.3 Å². The standard InChI is InChI=1S/C19H23NOS/c1-14(2)16-7-5-15(6-8-16)13-20(17-9-10-17)19(21)12-18-4-3-11-22-18/h3-8,11,14,17H,9-10,12-13H2,1-2H3. The number of thiophene rings is 1. The molecule has 2 aromatic rings. The predicted molar refractivity (Wildman–Crippen MR) is 92.1 cm³/mol. The van der Waals surface area contributed by atoms with Crippen molar-refractivity contribution in [3.8, 4) is 0 Å². The third-order valence-electron chi connectivity index (χ3n) is 4.21. The van der Waals surface area contributed by atoms with Crippen LogP contribution in [-0.2, 0) is 17.8 Å². The first-order valence-corrected chi connectivity index (χ1v) is 8.92. The second-order valence-electron chi connectivity index (χ2n) is 6.41. The van der Waals surface area contributed by atoms with Crippen molar-refractivity contribution in [2.24, 2.45) is 0 Å². The predicted octanol–water partition coefficient (Wildman–Crippen LogP) is 4.61. The van der Waals surface area contributed by atoms with Gasteiger partial charge in [0.15, 0.2) is 0 Å². The molecule has 0 spiro atoms. The summed E-state index contributed by atoms with van der Waals surface area (Å²) in [5.41, 5.74) is 2.59. The van der Waals surface area contributed by atoms with Gasteiger partial charge in [0.2, 0.25) is 5.91 Å². The molecule has 1 fully saturated rings. The van der Waals surface area contributed by atoms with Crippen molar-refractivity contribution < 1.29 is 4.79 Å². The molecule has 1 aromatic carbocycles. The van der Waals surface area contributed by atoms with Crippen LogP contribution in [-0.4, -0.2) is 16.8 Å². The Kier molecular flexibility index (Phi) is 4.63. The maximum Gasteiger partial charge on any atom is 0.228 e. The summed E-state index contributed by atoms with van der Waals surface area (Å²) in [7, 11) is 0. The molecule has 0 unspecified atom stereocenters. The van der Waals surface area contributed by atoms with Crippen LogP contribution >= 0.6 is 11.3 Å². The van der Waals surface area contributed by atoms with Crippen molar-refractivity contribution in [3.05, 3.63) is 57.8 Å². The summed E-state index contributed by atoms with van der Waals surface area (Å²) in [5.74, 6) is 0.812. The Morgan fingerprint density at radius 3 is 2.50 bits per heavy atom. The van der Waals surface area contributed by atoms with Crippen molar-refractivity contribution in [3.63, 3.8) is 0 Å². The van der Waals surface area contributed by atoms with Gasteiger partial charge in [0.1, 0.15) is 0 Å². The number of benzene rings is 1. The van der Waals surface area contributed by atoms with Crippen LogP contribution < -0.4 is 0 Å². The van der Waals surface area contributed by atoms with Gasteiger partial charge < -0.3 is 4.90 Å². The highest BCUT2D eigenvalue weighted by atomic mass is 32.1. The van der Waals surface area contributed by atoms with E-state index in [9.17, 15) is 4.79 Å². The Labute approximate surface area is 136 Å². The SMILES string of the molecule is CC(C)c1ccc(CN(C(=O)Cc2cccs2)C2CC2)cc1. The summed E-state index contributed by atoms with van der Waals surface area (Å²) in [5, 5.41) is 2.04. The zero-order valence-corrected chi connectivity index (χ0v) is 14.1. The normalized spacial score (nSPS) is 14.3. The minimum absolute atomic E-state index is 0.262. The number of carbonyl (C=O) groups is 1. The first-order valence-electron chi connectivity index (χ1n) is 8.04. The molecule has 1 aromatic heterocycles. The highest BCUT2D eigenvalue weighted by Crippen LogP contribution is 2.29. The summed E-state index contributed by atoms with van der Waals surface area (Å²) in [6.45, 7) is 5.15. The fraction of sp³-hybridized carbons (Fsp3) is 0.421. The van der Waals surface area contributed by atoms with Crippen molar-refractivity contribution >= 4 is 17.2 Å². The molecule has 1 amide bonds. The Hall–Kier alpha value is -1.61. The molecule has 1 heterocycles. The van der Waals surface area contributed by atoms with Gasteiger partial charge in [0, 0.05) is 17.5 Å². The molecule has 3 rings (SSSR count). The Morgan fingerprint density at radius 2 is 1.95 bits per heavy atom. The molecule has 2 nitrogen and oxygen atoms in total. The van der Waals surface area contributed by atoms with E-state index in [4.69, 9.17) is 0 Å². The van der Waals surface area contributed by atoms with E-state index in [1.807, 2.05) is 17.5 Å². The van der Waals surface area contributed by atoms with Crippen LogP contribution in [0.3, 0.4) is 0 Å². The highest BCUT2D eigenvalue weighted by molar-refractivity contribution is 7.10. The minimum atomic E-state index is 0.262. The van der Waals surface area contributed by atoms with Gasteiger partial charge in [-0.25, -0.2) is 0 Å². The van der Waals surface area contributed by atoms with Crippen LogP contribution in [0.5, 0.6) is 0 Å². The Balaban J connectivity index is 1.67. The maximum atomic E-state index is 12.6. The number of hydrogen-bond acceptors (Lipinski definition) is 2. The third-order valence-corrected chi connectivity index (χ3v) is 5.09. The number of amides is 1.